The van der Waals surface area contributed by atoms with Crippen molar-refractivity contribution in [2.45, 2.75) is 83.2 Å². The van der Waals surface area contributed by atoms with Gasteiger partial charge in [0.2, 0.25) is 0 Å². The minimum atomic E-state index is -3.26. The lowest BCUT2D eigenvalue weighted by Crippen LogP contribution is -2.45. The highest BCUT2D eigenvalue weighted by molar-refractivity contribution is 5.69. The van der Waals surface area contributed by atoms with E-state index in [9.17, 15) is 23.1 Å². The SMILES string of the molecule is C[C@@H]1Cc2nn3c(c2CN1C(=O)OC(C)(C)C)C(F)(F)CCC(O)(CF)C3. The average Bonchev–Trinajstić information content (AvgIpc) is 2.83. The molecule has 1 amide bonds. The molecule has 1 N–H and O–H groups in total. The number of carbonyl (C=O) groups is 1. The molecule has 2 aliphatic rings. The van der Waals surface area contributed by atoms with Crippen LogP contribution >= 0.6 is 0 Å². The van der Waals surface area contributed by atoms with Crippen LogP contribution in [0.5, 0.6) is 0 Å². The van der Waals surface area contributed by atoms with Gasteiger partial charge < -0.3 is 14.7 Å². The number of fused-ring (bicyclic) bond motifs is 3. The fourth-order valence-corrected chi connectivity index (χ4v) is 3.66. The van der Waals surface area contributed by atoms with Crippen LogP contribution < -0.4 is 0 Å². The Morgan fingerprint density at radius 3 is 2.63 bits per heavy atom. The molecule has 9 heteroatoms. The summed E-state index contributed by atoms with van der Waals surface area (Å²) in [5, 5.41) is 14.5. The van der Waals surface area contributed by atoms with E-state index < -0.39 is 36.3 Å². The number of hydrogen-bond acceptors (Lipinski definition) is 4. The first kappa shape index (κ1) is 20.0. The van der Waals surface area contributed by atoms with Gasteiger partial charge in [-0.05, 0) is 34.1 Å². The van der Waals surface area contributed by atoms with Crippen molar-refractivity contribution in [3.63, 3.8) is 0 Å². The molecule has 3 heterocycles. The number of amides is 1. The largest absolute Gasteiger partial charge is 0.444 e. The predicted octanol–water partition coefficient (Wildman–Crippen LogP) is 3.15. The van der Waals surface area contributed by atoms with E-state index in [-0.39, 0.29) is 36.8 Å². The number of carbonyl (C=O) groups excluding carboxylic acids is 1. The van der Waals surface area contributed by atoms with Gasteiger partial charge in [0, 0.05) is 24.4 Å². The van der Waals surface area contributed by atoms with Gasteiger partial charge in [0.15, 0.2) is 0 Å². The van der Waals surface area contributed by atoms with Gasteiger partial charge in [-0.25, -0.2) is 9.18 Å². The summed E-state index contributed by atoms with van der Waals surface area (Å²) in [5.41, 5.74) is -2.16. The summed E-state index contributed by atoms with van der Waals surface area (Å²) in [6.07, 6.45) is -1.31. The van der Waals surface area contributed by atoms with E-state index in [4.69, 9.17) is 4.74 Å². The van der Waals surface area contributed by atoms with Crippen molar-refractivity contribution in [1.29, 1.82) is 0 Å². The van der Waals surface area contributed by atoms with Crippen LogP contribution in [0.1, 0.15) is 57.5 Å². The number of ether oxygens (including phenoxy) is 1. The number of nitrogens with zero attached hydrogens (tertiary/aromatic N) is 3. The van der Waals surface area contributed by atoms with Crippen LogP contribution in [0.15, 0.2) is 0 Å². The highest BCUT2D eigenvalue weighted by atomic mass is 19.3. The molecule has 27 heavy (non-hydrogen) atoms. The molecule has 6 nitrogen and oxygen atoms in total. The van der Waals surface area contributed by atoms with Crippen LogP contribution in [-0.4, -0.2) is 49.8 Å². The van der Waals surface area contributed by atoms with Gasteiger partial charge in [0.05, 0.1) is 18.8 Å². The van der Waals surface area contributed by atoms with Crippen LogP contribution in [0, 0.1) is 0 Å². The van der Waals surface area contributed by atoms with Gasteiger partial charge >= 0.3 is 6.09 Å². The monoisotopic (exact) mass is 389 g/mol. The minimum Gasteiger partial charge on any atom is -0.444 e. The van der Waals surface area contributed by atoms with E-state index in [0.29, 0.717) is 12.1 Å². The molecular formula is C18H26F3N3O3. The van der Waals surface area contributed by atoms with Crippen molar-refractivity contribution in [2.75, 3.05) is 6.67 Å². The number of rotatable bonds is 1. The third kappa shape index (κ3) is 3.79. The summed E-state index contributed by atoms with van der Waals surface area (Å²) in [5.74, 6) is -3.26. The van der Waals surface area contributed by atoms with Crippen molar-refractivity contribution in [3.8, 4) is 0 Å². The fourth-order valence-electron chi connectivity index (χ4n) is 3.66. The van der Waals surface area contributed by atoms with Crippen LogP contribution in [0.3, 0.4) is 0 Å². The molecule has 0 spiro atoms. The Labute approximate surface area is 156 Å². The maximum absolute atomic E-state index is 14.8. The fraction of sp³-hybridized carbons (Fsp3) is 0.778. The second-order valence-corrected chi connectivity index (χ2v) is 8.66. The highest BCUT2D eigenvalue weighted by Crippen LogP contribution is 2.43. The Morgan fingerprint density at radius 2 is 2.04 bits per heavy atom. The molecule has 3 rings (SSSR count). The minimum absolute atomic E-state index is 0.0512. The van der Waals surface area contributed by atoms with E-state index >= 15 is 0 Å². The molecule has 0 fully saturated rings. The summed E-state index contributed by atoms with van der Waals surface area (Å²) < 4.78 is 49.3. The van der Waals surface area contributed by atoms with Crippen molar-refractivity contribution in [1.82, 2.24) is 14.7 Å². The lowest BCUT2D eigenvalue weighted by Gasteiger charge is -2.35. The first-order valence-electron chi connectivity index (χ1n) is 9.10. The van der Waals surface area contributed by atoms with Crippen molar-refractivity contribution >= 4 is 6.09 Å². The number of alkyl halides is 3. The number of aliphatic hydroxyl groups is 1. The molecule has 2 atom stereocenters. The zero-order chi connectivity index (χ0) is 20.2. The van der Waals surface area contributed by atoms with Crippen LogP contribution in [0.4, 0.5) is 18.0 Å². The van der Waals surface area contributed by atoms with Crippen LogP contribution in [0.2, 0.25) is 0 Å². The second-order valence-electron chi connectivity index (χ2n) is 8.66. The van der Waals surface area contributed by atoms with Crippen molar-refractivity contribution in [3.05, 3.63) is 17.0 Å². The Balaban J connectivity index is 1.98. The van der Waals surface area contributed by atoms with Gasteiger partial charge in [-0.3, -0.25) is 4.68 Å². The lowest BCUT2D eigenvalue weighted by molar-refractivity contribution is -0.0477. The van der Waals surface area contributed by atoms with Crippen molar-refractivity contribution < 1.29 is 27.8 Å². The molecular weight excluding hydrogens is 363 g/mol. The molecule has 0 aliphatic carbocycles. The van der Waals surface area contributed by atoms with E-state index in [1.807, 2.05) is 0 Å². The third-order valence-corrected chi connectivity index (χ3v) is 5.05. The van der Waals surface area contributed by atoms with E-state index in [2.05, 4.69) is 5.10 Å². The van der Waals surface area contributed by atoms with E-state index in [0.717, 1.165) is 4.68 Å². The summed E-state index contributed by atoms with van der Waals surface area (Å²) in [4.78, 5) is 13.9. The van der Waals surface area contributed by atoms with E-state index in [1.54, 1.807) is 27.7 Å². The molecule has 2 aliphatic heterocycles. The van der Waals surface area contributed by atoms with Crippen LogP contribution in [-0.2, 0) is 30.2 Å². The zero-order valence-corrected chi connectivity index (χ0v) is 16.1. The van der Waals surface area contributed by atoms with Gasteiger partial charge in [-0.1, -0.05) is 0 Å². The summed E-state index contributed by atoms with van der Waals surface area (Å²) in [6, 6.07) is -0.278. The first-order valence-corrected chi connectivity index (χ1v) is 9.10. The topological polar surface area (TPSA) is 67.6 Å². The van der Waals surface area contributed by atoms with Crippen LogP contribution in [0.25, 0.3) is 0 Å². The van der Waals surface area contributed by atoms with Gasteiger partial charge in [-0.15, -0.1) is 0 Å². The molecule has 1 unspecified atom stereocenters. The zero-order valence-electron chi connectivity index (χ0n) is 16.1. The normalized spacial score (nSPS) is 27.6. The Bertz CT molecular complexity index is 744. The van der Waals surface area contributed by atoms with E-state index in [1.165, 1.54) is 4.90 Å². The molecule has 1 aromatic rings. The Kier molecular flexibility index (Phi) is 4.73. The summed E-state index contributed by atoms with van der Waals surface area (Å²) in [6.45, 7) is 5.52. The number of aromatic nitrogens is 2. The molecule has 0 saturated carbocycles. The Hall–Kier alpha value is -1.77. The maximum atomic E-state index is 14.8. The lowest BCUT2D eigenvalue weighted by atomic mass is 9.94. The number of halogens is 3. The van der Waals surface area contributed by atoms with Gasteiger partial charge in [-0.2, -0.15) is 13.9 Å². The van der Waals surface area contributed by atoms with Crippen molar-refractivity contribution in [2.24, 2.45) is 0 Å². The summed E-state index contributed by atoms with van der Waals surface area (Å²) >= 11 is 0. The summed E-state index contributed by atoms with van der Waals surface area (Å²) in [7, 11) is 0. The molecule has 0 radical (unpaired) electrons. The second kappa shape index (κ2) is 6.39. The Morgan fingerprint density at radius 1 is 1.37 bits per heavy atom. The van der Waals surface area contributed by atoms with Gasteiger partial charge in [0.1, 0.15) is 23.6 Å². The number of hydrogen-bond donors (Lipinski definition) is 1. The molecule has 1 aromatic heterocycles. The first-order chi connectivity index (χ1) is 12.4. The standard InChI is InChI=1S/C18H26F3N3O3/c1-11-7-13-12(8-23(11)15(25)27-16(2,3)4)14-18(20,21)6-5-17(26,9-19)10-24(14)22-13/h11,26H,5-10H2,1-4H3/t11-,17?/m1/s1. The molecule has 0 bridgehead atoms. The van der Waals surface area contributed by atoms with Gasteiger partial charge in [0.25, 0.3) is 5.92 Å². The molecule has 0 aromatic carbocycles. The quantitative estimate of drug-likeness (QED) is 0.801. The average molecular weight is 389 g/mol. The highest BCUT2D eigenvalue weighted by Gasteiger charge is 2.48. The molecule has 152 valence electrons. The predicted molar refractivity (Wildman–Crippen MR) is 91.2 cm³/mol. The third-order valence-electron chi connectivity index (χ3n) is 5.05. The molecule has 0 saturated heterocycles. The smallest absolute Gasteiger partial charge is 0.410 e. The maximum Gasteiger partial charge on any atom is 0.410 e.